The van der Waals surface area contributed by atoms with Crippen LogP contribution in [-0.2, 0) is 6.54 Å². The fraction of sp³-hybridized carbons (Fsp3) is 0.909. The summed E-state index contributed by atoms with van der Waals surface area (Å²) < 4.78 is 1.92. The molecule has 0 aromatic carbocycles. The Balaban J connectivity index is 2.58. The molecule has 0 bridgehead atoms. The van der Waals surface area contributed by atoms with Gasteiger partial charge in [-0.1, -0.05) is 13.8 Å². The van der Waals surface area contributed by atoms with Crippen LogP contribution < -0.4 is 5.32 Å². The Morgan fingerprint density at radius 3 is 2.82 bits per heavy atom. The van der Waals surface area contributed by atoms with E-state index >= 15 is 0 Å². The number of aromatic nitrogens is 4. The van der Waals surface area contributed by atoms with Crippen LogP contribution in [0, 0.1) is 5.92 Å². The van der Waals surface area contributed by atoms with Crippen molar-refractivity contribution in [2.45, 2.75) is 39.8 Å². The molecule has 17 heavy (non-hydrogen) atoms. The highest BCUT2D eigenvalue weighted by Crippen LogP contribution is 2.12. The summed E-state index contributed by atoms with van der Waals surface area (Å²) >= 11 is 1.86. The first-order valence-corrected chi connectivity index (χ1v) is 7.56. The minimum Gasteiger partial charge on any atom is -0.307 e. The molecule has 1 heterocycles. The van der Waals surface area contributed by atoms with Crippen molar-refractivity contribution in [2.24, 2.45) is 5.92 Å². The SMILES string of the molecule is CCCNC(C)c1nnnn1CC(C)CSC. The molecule has 1 rings (SSSR count). The topological polar surface area (TPSA) is 55.6 Å². The second-order valence-electron chi connectivity index (χ2n) is 4.46. The molecule has 0 amide bonds. The molecule has 1 aromatic rings. The van der Waals surface area contributed by atoms with Crippen LogP contribution in [0.1, 0.15) is 39.1 Å². The maximum Gasteiger partial charge on any atom is 0.167 e. The molecule has 0 aliphatic carbocycles. The van der Waals surface area contributed by atoms with E-state index in [9.17, 15) is 0 Å². The van der Waals surface area contributed by atoms with Crippen molar-refractivity contribution < 1.29 is 0 Å². The summed E-state index contributed by atoms with van der Waals surface area (Å²) in [6.07, 6.45) is 3.25. The predicted octanol–water partition coefficient (Wildman–Crippen LogP) is 1.73. The third-order valence-corrected chi connectivity index (χ3v) is 3.49. The first kappa shape index (κ1) is 14.4. The van der Waals surface area contributed by atoms with Crippen LogP contribution >= 0.6 is 11.8 Å². The Kier molecular flexibility index (Phi) is 6.50. The molecule has 5 nitrogen and oxygen atoms in total. The largest absolute Gasteiger partial charge is 0.307 e. The molecule has 0 spiro atoms. The zero-order chi connectivity index (χ0) is 12.7. The lowest BCUT2D eigenvalue weighted by Gasteiger charge is -2.15. The van der Waals surface area contributed by atoms with E-state index in [4.69, 9.17) is 0 Å². The van der Waals surface area contributed by atoms with Gasteiger partial charge >= 0.3 is 0 Å². The number of rotatable bonds is 8. The van der Waals surface area contributed by atoms with Gasteiger partial charge in [0.05, 0.1) is 6.04 Å². The highest BCUT2D eigenvalue weighted by molar-refractivity contribution is 7.98. The van der Waals surface area contributed by atoms with Crippen molar-refractivity contribution in [3.05, 3.63) is 5.82 Å². The van der Waals surface area contributed by atoms with Gasteiger partial charge in [-0.3, -0.25) is 0 Å². The van der Waals surface area contributed by atoms with E-state index in [1.54, 1.807) is 0 Å². The van der Waals surface area contributed by atoms with E-state index < -0.39 is 0 Å². The summed E-state index contributed by atoms with van der Waals surface area (Å²) in [6.45, 7) is 8.38. The summed E-state index contributed by atoms with van der Waals surface area (Å²) in [6, 6.07) is 0.214. The number of hydrogen-bond donors (Lipinski definition) is 1. The number of nitrogens with zero attached hydrogens (tertiary/aromatic N) is 4. The van der Waals surface area contributed by atoms with Crippen molar-refractivity contribution in [3.8, 4) is 0 Å². The molecule has 1 aromatic heterocycles. The molecule has 0 radical (unpaired) electrons. The van der Waals surface area contributed by atoms with E-state index in [1.807, 2.05) is 16.4 Å². The van der Waals surface area contributed by atoms with Gasteiger partial charge in [-0.15, -0.1) is 5.10 Å². The maximum atomic E-state index is 4.11. The molecule has 6 heteroatoms. The number of nitrogens with one attached hydrogen (secondary N) is 1. The fourth-order valence-electron chi connectivity index (χ4n) is 1.74. The van der Waals surface area contributed by atoms with Crippen LogP contribution in [0.15, 0.2) is 0 Å². The van der Waals surface area contributed by atoms with Crippen LogP contribution in [0.3, 0.4) is 0 Å². The van der Waals surface area contributed by atoms with Crippen LogP contribution in [0.4, 0.5) is 0 Å². The van der Waals surface area contributed by atoms with Gasteiger partial charge < -0.3 is 5.32 Å². The van der Waals surface area contributed by atoms with Crippen molar-refractivity contribution >= 4 is 11.8 Å². The normalized spacial score (nSPS) is 14.8. The number of hydrogen-bond acceptors (Lipinski definition) is 5. The summed E-state index contributed by atoms with van der Waals surface area (Å²) in [5, 5.41) is 15.4. The molecule has 0 aliphatic rings. The smallest absolute Gasteiger partial charge is 0.167 e. The van der Waals surface area contributed by atoms with Gasteiger partial charge in [-0.25, -0.2) is 4.68 Å². The number of thioether (sulfide) groups is 1. The molecule has 0 aliphatic heterocycles. The molecule has 2 atom stereocenters. The van der Waals surface area contributed by atoms with Crippen molar-refractivity contribution in [1.82, 2.24) is 25.5 Å². The summed E-state index contributed by atoms with van der Waals surface area (Å²) in [5.41, 5.74) is 0. The Morgan fingerprint density at radius 1 is 1.41 bits per heavy atom. The van der Waals surface area contributed by atoms with Crippen molar-refractivity contribution in [1.29, 1.82) is 0 Å². The third kappa shape index (κ3) is 4.63. The molecular formula is C11H23N5S. The van der Waals surface area contributed by atoms with Crippen LogP contribution in [0.25, 0.3) is 0 Å². The second-order valence-corrected chi connectivity index (χ2v) is 5.37. The average Bonchev–Trinajstić information content (AvgIpc) is 2.74. The van der Waals surface area contributed by atoms with E-state index in [1.165, 1.54) is 0 Å². The predicted molar refractivity (Wildman–Crippen MR) is 72.1 cm³/mol. The Bertz CT molecular complexity index is 315. The lowest BCUT2D eigenvalue weighted by Crippen LogP contribution is -2.24. The van der Waals surface area contributed by atoms with Crippen molar-refractivity contribution in [2.75, 3.05) is 18.6 Å². The first-order chi connectivity index (χ1) is 8.19. The highest BCUT2D eigenvalue weighted by atomic mass is 32.2. The monoisotopic (exact) mass is 257 g/mol. The summed E-state index contributed by atoms with van der Waals surface area (Å²) in [7, 11) is 0. The first-order valence-electron chi connectivity index (χ1n) is 6.17. The van der Waals surface area contributed by atoms with Gasteiger partial charge in [0, 0.05) is 6.54 Å². The summed E-state index contributed by atoms with van der Waals surface area (Å²) in [4.78, 5) is 0. The van der Waals surface area contributed by atoms with Gasteiger partial charge in [0.15, 0.2) is 5.82 Å². The van der Waals surface area contributed by atoms with Gasteiger partial charge in [-0.2, -0.15) is 11.8 Å². The van der Waals surface area contributed by atoms with Crippen molar-refractivity contribution in [3.63, 3.8) is 0 Å². The van der Waals surface area contributed by atoms with E-state index in [0.717, 1.165) is 31.1 Å². The second kappa shape index (κ2) is 7.66. The molecule has 2 unspecified atom stereocenters. The zero-order valence-corrected chi connectivity index (χ0v) is 12.0. The molecular weight excluding hydrogens is 234 g/mol. The third-order valence-electron chi connectivity index (χ3n) is 2.58. The molecule has 0 saturated heterocycles. The van der Waals surface area contributed by atoms with Crippen LogP contribution in [-0.4, -0.2) is 38.8 Å². The lowest BCUT2D eigenvalue weighted by molar-refractivity contribution is 0.434. The minimum atomic E-state index is 0.214. The van der Waals surface area contributed by atoms with Crippen LogP contribution in [0.5, 0.6) is 0 Å². The molecule has 0 saturated carbocycles. The van der Waals surface area contributed by atoms with E-state index in [0.29, 0.717) is 5.92 Å². The van der Waals surface area contributed by atoms with E-state index in [2.05, 4.69) is 47.9 Å². The van der Waals surface area contributed by atoms with Gasteiger partial charge in [0.2, 0.25) is 0 Å². The fourth-order valence-corrected chi connectivity index (χ4v) is 2.41. The Hall–Kier alpha value is -0.620. The Labute approximate surface area is 108 Å². The van der Waals surface area contributed by atoms with Gasteiger partial charge in [0.25, 0.3) is 0 Å². The van der Waals surface area contributed by atoms with Crippen LogP contribution in [0.2, 0.25) is 0 Å². The molecule has 1 N–H and O–H groups in total. The quantitative estimate of drug-likeness (QED) is 0.768. The average molecular weight is 257 g/mol. The maximum absolute atomic E-state index is 4.11. The molecule has 0 fully saturated rings. The zero-order valence-electron chi connectivity index (χ0n) is 11.2. The lowest BCUT2D eigenvalue weighted by atomic mass is 10.2. The minimum absolute atomic E-state index is 0.214. The molecule has 98 valence electrons. The Morgan fingerprint density at radius 2 is 2.18 bits per heavy atom. The van der Waals surface area contributed by atoms with Gasteiger partial charge in [-0.05, 0) is 48.2 Å². The van der Waals surface area contributed by atoms with Gasteiger partial charge in [0.1, 0.15) is 0 Å². The summed E-state index contributed by atoms with van der Waals surface area (Å²) in [5.74, 6) is 2.66. The number of tetrazole rings is 1. The van der Waals surface area contributed by atoms with E-state index in [-0.39, 0.29) is 6.04 Å². The highest BCUT2D eigenvalue weighted by Gasteiger charge is 2.15. The standard InChI is InChI=1S/C11H23N5S/c1-5-6-12-10(3)11-13-14-15-16(11)7-9(2)8-17-4/h9-10,12H,5-8H2,1-4H3.